The number of benzene rings is 2. The summed E-state index contributed by atoms with van der Waals surface area (Å²) in [5.41, 5.74) is 3.18. The number of likely N-dealkylation sites (tertiary alicyclic amines) is 1. The van der Waals surface area contributed by atoms with Crippen molar-refractivity contribution in [3.8, 4) is 0 Å². The molecule has 1 heterocycles. The molecule has 0 bridgehead atoms. The molecular weight excluding hydrogens is 382 g/mol. The van der Waals surface area contributed by atoms with Gasteiger partial charge in [0.2, 0.25) is 0 Å². The zero-order chi connectivity index (χ0) is 21.8. The Balaban J connectivity index is 1.56. The molecule has 1 aliphatic heterocycles. The molecule has 0 spiro atoms. The maximum absolute atomic E-state index is 12.7. The smallest absolute Gasteiger partial charge is 0.253 e. The van der Waals surface area contributed by atoms with Crippen molar-refractivity contribution in [2.24, 2.45) is 11.8 Å². The molecule has 2 aromatic carbocycles. The van der Waals surface area contributed by atoms with Crippen molar-refractivity contribution in [3.63, 3.8) is 0 Å². The molecule has 0 radical (unpaired) electrons. The molecule has 1 saturated carbocycles. The van der Waals surface area contributed by atoms with Crippen molar-refractivity contribution in [2.75, 3.05) is 37.6 Å². The lowest BCUT2D eigenvalue weighted by atomic mass is 9.91. The van der Waals surface area contributed by atoms with E-state index in [1.54, 1.807) is 0 Å². The third-order valence-electron chi connectivity index (χ3n) is 6.97. The average Bonchev–Trinajstić information content (AvgIpc) is 3.61. The summed E-state index contributed by atoms with van der Waals surface area (Å²) in [4.78, 5) is 19.8. The van der Waals surface area contributed by atoms with E-state index in [9.17, 15) is 4.79 Å². The third-order valence-corrected chi connectivity index (χ3v) is 6.97. The molecule has 2 atom stereocenters. The molecule has 2 fully saturated rings. The van der Waals surface area contributed by atoms with Crippen molar-refractivity contribution < 1.29 is 4.79 Å². The van der Waals surface area contributed by atoms with Crippen molar-refractivity contribution >= 4 is 17.3 Å². The van der Waals surface area contributed by atoms with Crippen molar-refractivity contribution in [3.05, 3.63) is 60.2 Å². The first kappa shape index (κ1) is 21.9. The topological polar surface area (TPSA) is 26.8 Å². The Morgan fingerprint density at radius 3 is 2.16 bits per heavy atom. The monoisotopic (exact) mass is 419 g/mol. The van der Waals surface area contributed by atoms with Gasteiger partial charge in [-0.1, -0.05) is 25.1 Å². The summed E-state index contributed by atoms with van der Waals surface area (Å²) in [6.45, 7) is 11.6. The molecule has 1 saturated heterocycles. The number of para-hydroxylation sites is 1. The lowest BCUT2D eigenvalue weighted by Gasteiger charge is -2.44. The predicted molar refractivity (Wildman–Crippen MR) is 129 cm³/mol. The number of carbonyl (C=O) groups is 1. The van der Waals surface area contributed by atoms with Gasteiger partial charge >= 0.3 is 0 Å². The fourth-order valence-electron chi connectivity index (χ4n) is 5.01. The van der Waals surface area contributed by atoms with E-state index in [0.717, 1.165) is 24.6 Å². The summed E-state index contributed by atoms with van der Waals surface area (Å²) in [5.74, 6) is 1.65. The summed E-state index contributed by atoms with van der Waals surface area (Å²) in [7, 11) is 0. The Morgan fingerprint density at radius 2 is 1.58 bits per heavy atom. The first-order valence-corrected chi connectivity index (χ1v) is 12.1. The van der Waals surface area contributed by atoms with Crippen LogP contribution in [0, 0.1) is 11.8 Å². The fraction of sp³-hybridized carbons (Fsp3) is 0.519. The van der Waals surface area contributed by atoms with Gasteiger partial charge in [0.1, 0.15) is 0 Å². The Kier molecular flexibility index (Phi) is 6.96. The molecule has 1 aliphatic carbocycles. The van der Waals surface area contributed by atoms with Crippen LogP contribution in [-0.2, 0) is 0 Å². The molecule has 4 rings (SSSR count). The molecule has 2 aliphatic rings. The molecule has 4 nitrogen and oxygen atoms in total. The number of hydrogen-bond acceptors (Lipinski definition) is 3. The lowest BCUT2D eigenvalue weighted by Crippen LogP contribution is -2.49. The van der Waals surface area contributed by atoms with Crippen molar-refractivity contribution in [1.82, 2.24) is 9.80 Å². The standard InChI is InChI=1S/C27H37N3O/c1-4-29(5-2)27(31)23-13-15-25(16-14-23)30(24-9-7-6-8-10-24)26-17-18-28(19-21(26)3)20-22-11-12-22/h6-10,13-16,21-22,26H,4-5,11-12,17-20H2,1-3H3/t21-,26+/m1/s1. The molecule has 0 unspecified atom stereocenters. The summed E-state index contributed by atoms with van der Waals surface area (Å²) in [6.07, 6.45) is 4.01. The van der Waals surface area contributed by atoms with Crippen LogP contribution >= 0.6 is 0 Å². The highest BCUT2D eigenvalue weighted by Gasteiger charge is 2.34. The van der Waals surface area contributed by atoms with Gasteiger partial charge in [0.15, 0.2) is 0 Å². The minimum absolute atomic E-state index is 0.115. The van der Waals surface area contributed by atoms with E-state index in [1.807, 2.05) is 30.9 Å². The van der Waals surface area contributed by atoms with E-state index in [1.165, 1.54) is 50.3 Å². The first-order valence-electron chi connectivity index (χ1n) is 12.1. The first-order chi connectivity index (χ1) is 15.1. The van der Waals surface area contributed by atoms with Gasteiger partial charge in [-0.05, 0) is 81.3 Å². The maximum Gasteiger partial charge on any atom is 0.253 e. The molecule has 166 valence electrons. The van der Waals surface area contributed by atoms with Crippen LogP contribution in [0.2, 0.25) is 0 Å². The van der Waals surface area contributed by atoms with Crippen LogP contribution in [0.1, 0.15) is 50.4 Å². The minimum Gasteiger partial charge on any atom is -0.339 e. The number of piperidine rings is 1. The number of carbonyl (C=O) groups excluding carboxylic acids is 1. The van der Waals surface area contributed by atoms with Gasteiger partial charge in [-0.2, -0.15) is 0 Å². The predicted octanol–water partition coefficient (Wildman–Crippen LogP) is 5.43. The number of hydrogen-bond donors (Lipinski definition) is 0. The second kappa shape index (κ2) is 9.86. The van der Waals surface area contributed by atoms with Gasteiger partial charge in [-0.25, -0.2) is 0 Å². The molecule has 1 amide bonds. The number of nitrogens with zero attached hydrogens (tertiary/aromatic N) is 3. The Bertz CT molecular complexity index is 843. The van der Waals surface area contributed by atoms with E-state index in [0.29, 0.717) is 12.0 Å². The summed E-state index contributed by atoms with van der Waals surface area (Å²) in [5, 5.41) is 0. The molecule has 2 aromatic rings. The van der Waals surface area contributed by atoms with Gasteiger partial charge < -0.3 is 14.7 Å². The molecule has 0 N–H and O–H groups in total. The van der Waals surface area contributed by atoms with Crippen LogP contribution in [-0.4, -0.2) is 54.5 Å². The highest BCUT2D eigenvalue weighted by atomic mass is 16.2. The number of anilines is 2. The third kappa shape index (κ3) is 5.12. The van der Waals surface area contributed by atoms with Gasteiger partial charge in [0.05, 0.1) is 0 Å². The van der Waals surface area contributed by atoms with E-state index < -0.39 is 0 Å². The summed E-state index contributed by atoms with van der Waals surface area (Å²) < 4.78 is 0. The van der Waals surface area contributed by atoms with Crippen LogP contribution < -0.4 is 4.90 Å². The summed E-state index contributed by atoms with van der Waals surface area (Å²) in [6, 6.07) is 19.5. The molecule has 31 heavy (non-hydrogen) atoms. The molecular formula is C27H37N3O. The number of amides is 1. The van der Waals surface area contributed by atoms with Crippen LogP contribution in [0.15, 0.2) is 54.6 Å². The van der Waals surface area contributed by atoms with Crippen molar-refractivity contribution in [1.29, 1.82) is 0 Å². The minimum atomic E-state index is 0.115. The highest BCUT2D eigenvalue weighted by Crippen LogP contribution is 2.36. The Labute approximate surface area is 187 Å². The van der Waals surface area contributed by atoms with E-state index in [4.69, 9.17) is 0 Å². The Hall–Kier alpha value is -2.33. The van der Waals surface area contributed by atoms with E-state index >= 15 is 0 Å². The zero-order valence-corrected chi connectivity index (χ0v) is 19.3. The van der Waals surface area contributed by atoms with Crippen molar-refractivity contribution in [2.45, 2.75) is 46.1 Å². The second-order valence-corrected chi connectivity index (χ2v) is 9.27. The van der Waals surface area contributed by atoms with Crippen LogP contribution in [0.3, 0.4) is 0 Å². The van der Waals surface area contributed by atoms with Gasteiger partial charge in [-0.3, -0.25) is 4.79 Å². The molecule has 0 aromatic heterocycles. The highest BCUT2D eigenvalue weighted by molar-refractivity contribution is 5.94. The van der Waals surface area contributed by atoms with Crippen LogP contribution in [0.4, 0.5) is 11.4 Å². The summed E-state index contributed by atoms with van der Waals surface area (Å²) >= 11 is 0. The van der Waals surface area contributed by atoms with E-state index in [2.05, 4.69) is 59.2 Å². The van der Waals surface area contributed by atoms with Crippen LogP contribution in [0.25, 0.3) is 0 Å². The second-order valence-electron chi connectivity index (χ2n) is 9.27. The SMILES string of the molecule is CCN(CC)C(=O)c1ccc(N(c2ccccc2)[C@H]2CCN(CC3CC3)C[C@H]2C)cc1. The fourth-order valence-corrected chi connectivity index (χ4v) is 5.01. The van der Waals surface area contributed by atoms with Gasteiger partial charge in [0.25, 0.3) is 5.91 Å². The largest absolute Gasteiger partial charge is 0.339 e. The average molecular weight is 420 g/mol. The zero-order valence-electron chi connectivity index (χ0n) is 19.3. The quantitative estimate of drug-likeness (QED) is 0.571. The van der Waals surface area contributed by atoms with E-state index in [-0.39, 0.29) is 5.91 Å². The normalized spacial score (nSPS) is 21.6. The van der Waals surface area contributed by atoms with Gasteiger partial charge in [-0.15, -0.1) is 0 Å². The maximum atomic E-state index is 12.7. The lowest BCUT2D eigenvalue weighted by molar-refractivity contribution is 0.0773. The van der Waals surface area contributed by atoms with Crippen LogP contribution in [0.5, 0.6) is 0 Å². The molecule has 4 heteroatoms. The van der Waals surface area contributed by atoms with Gasteiger partial charge in [0, 0.05) is 55.7 Å². The Morgan fingerprint density at radius 1 is 0.935 bits per heavy atom. The number of rotatable bonds is 8.